The first kappa shape index (κ1) is 14.5. The molecule has 6 heteroatoms. The predicted octanol–water partition coefficient (Wildman–Crippen LogP) is 1.92. The van der Waals surface area contributed by atoms with Crippen LogP contribution in [0.15, 0.2) is 15.5 Å². The Labute approximate surface area is 122 Å². The number of nitrogens with one attached hydrogen (secondary N) is 1. The van der Waals surface area contributed by atoms with Gasteiger partial charge in [-0.15, -0.1) is 0 Å². The second-order valence-electron chi connectivity index (χ2n) is 5.33. The summed E-state index contributed by atoms with van der Waals surface area (Å²) in [6, 6.07) is 0.482. The molecular formula is C13H21BrN4O. The number of rotatable bonds is 5. The van der Waals surface area contributed by atoms with E-state index in [1.807, 2.05) is 19.0 Å². The molecule has 1 saturated carbocycles. The van der Waals surface area contributed by atoms with Gasteiger partial charge in [0.1, 0.15) is 4.47 Å². The van der Waals surface area contributed by atoms with Crippen LogP contribution in [0.3, 0.4) is 0 Å². The summed E-state index contributed by atoms with van der Waals surface area (Å²) < 4.78 is 2.09. The van der Waals surface area contributed by atoms with Gasteiger partial charge in [-0.2, -0.15) is 5.10 Å². The van der Waals surface area contributed by atoms with Gasteiger partial charge in [-0.05, 0) is 42.9 Å². The van der Waals surface area contributed by atoms with Gasteiger partial charge in [0.15, 0.2) is 0 Å². The monoisotopic (exact) mass is 328 g/mol. The molecule has 0 aromatic carbocycles. The van der Waals surface area contributed by atoms with Gasteiger partial charge in [0.25, 0.3) is 5.56 Å². The Balaban J connectivity index is 2.10. The fraction of sp³-hybridized carbons (Fsp3) is 0.692. The van der Waals surface area contributed by atoms with Crippen molar-refractivity contribution in [2.75, 3.05) is 26.0 Å². The molecule has 1 fully saturated rings. The van der Waals surface area contributed by atoms with Gasteiger partial charge in [0.05, 0.1) is 18.4 Å². The smallest absolute Gasteiger partial charge is 0.283 e. The summed E-state index contributed by atoms with van der Waals surface area (Å²) in [5.74, 6) is 0. The first-order valence-electron chi connectivity index (χ1n) is 6.75. The van der Waals surface area contributed by atoms with E-state index in [9.17, 15) is 4.79 Å². The first-order valence-corrected chi connectivity index (χ1v) is 7.54. The summed E-state index contributed by atoms with van der Waals surface area (Å²) in [6.45, 7) is 1.41. The highest BCUT2D eigenvalue weighted by atomic mass is 79.9. The zero-order valence-corrected chi connectivity index (χ0v) is 13.1. The van der Waals surface area contributed by atoms with Crippen molar-refractivity contribution in [1.29, 1.82) is 0 Å². The molecular weight excluding hydrogens is 308 g/mol. The Bertz CT molecular complexity index is 480. The number of aromatic nitrogens is 2. The van der Waals surface area contributed by atoms with Crippen LogP contribution in [0.1, 0.15) is 25.7 Å². The van der Waals surface area contributed by atoms with Crippen LogP contribution < -0.4 is 10.9 Å². The number of likely N-dealkylation sites (N-methyl/N-ethyl adjacent to an activating group) is 1. The number of halogens is 1. The molecule has 1 heterocycles. The minimum Gasteiger partial charge on any atom is -0.380 e. The normalized spacial score (nSPS) is 16.2. The van der Waals surface area contributed by atoms with E-state index < -0.39 is 0 Å². The summed E-state index contributed by atoms with van der Waals surface area (Å²) >= 11 is 3.40. The summed E-state index contributed by atoms with van der Waals surface area (Å²) in [4.78, 5) is 14.2. The van der Waals surface area contributed by atoms with Crippen molar-refractivity contribution in [3.05, 3.63) is 21.0 Å². The average Bonchev–Trinajstić information content (AvgIpc) is 2.87. The second-order valence-corrected chi connectivity index (χ2v) is 6.12. The third-order valence-corrected chi connectivity index (χ3v) is 4.23. The lowest BCUT2D eigenvalue weighted by atomic mass is 10.2. The van der Waals surface area contributed by atoms with Crippen molar-refractivity contribution in [3.8, 4) is 0 Å². The van der Waals surface area contributed by atoms with Crippen molar-refractivity contribution in [3.63, 3.8) is 0 Å². The maximum absolute atomic E-state index is 12.2. The highest BCUT2D eigenvalue weighted by Crippen LogP contribution is 2.24. The van der Waals surface area contributed by atoms with Crippen LogP contribution >= 0.6 is 15.9 Å². The standard InChI is InChI=1S/C13H21BrN4O/c1-17(2)7-8-18-13(19)12(14)11(9-15-18)16-10-5-3-4-6-10/h9-10,16H,3-8H2,1-2H3. The molecule has 0 spiro atoms. The molecule has 0 unspecified atom stereocenters. The van der Waals surface area contributed by atoms with Crippen LogP contribution in [0.2, 0.25) is 0 Å². The van der Waals surface area contributed by atoms with Gasteiger partial charge in [-0.1, -0.05) is 12.8 Å². The van der Waals surface area contributed by atoms with Gasteiger partial charge >= 0.3 is 0 Å². The quantitative estimate of drug-likeness (QED) is 0.897. The summed E-state index contributed by atoms with van der Waals surface area (Å²) in [6.07, 6.45) is 6.64. The Morgan fingerprint density at radius 1 is 1.47 bits per heavy atom. The van der Waals surface area contributed by atoms with Gasteiger partial charge in [-0.25, -0.2) is 4.68 Å². The number of nitrogens with zero attached hydrogens (tertiary/aromatic N) is 3. The maximum atomic E-state index is 12.2. The van der Waals surface area contributed by atoms with Crippen molar-refractivity contribution in [2.24, 2.45) is 0 Å². The lowest BCUT2D eigenvalue weighted by molar-refractivity contribution is 0.367. The summed E-state index contributed by atoms with van der Waals surface area (Å²) in [5.41, 5.74) is 0.753. The summed E-state index contributed by atoms with van der Waals surface area (Å²) in [5, 5.41) is 7.65. The second kappa shape index (κ2) is 6.52. The largest absolute Gasteiger partial charge is 0.380 e. The third kappa shape index (κ3) is 3.79. The summed E-state index contributed by atoms with van der Waals surface area (Å²) in [7, 11) is 3.96. The Hall–Kier alpha value is -0.880. The van der Waals surface area contributed by atoms with Crippen LogP contribution in [0.4, 0.5) is 5.69 Å². The van der Waals surface area contributed by atoms with Crippen molar-refractivity contribution < 1.29 is 0 Å². The van der Waals surface area contributed by atoms with Crippen LogP contribution in [0.25, 0.3) is 0 Å². The topological polar surface area (TPSA) is 50.2 Å². The number of hydrogen-bond acceptors (Lipinski definition) is 4. The van der Waals surface area contributed by atoms with Crippen molar-refractivity contribution >= 4 is 21.6 Å². The van der Waals surface area contributed by atoms with Crippen molar-refractivity contribution in [1.82, 2.24) is 14.7 Å². The molecule has 0 aliphatic heterocycles. The van der Waals surface area contributed by atoms with E-state index in [0.717, 1.165) is 12.2 Å². The van der Waals surface area contributed by atoms with E-state index in [1.54, 1.807) is 6.20 Å². The molecule has 0 radical (unpaired) electrons. The Kier molecular flexibility index (Phi) is 4.99. The Morgan fingerprint density at radius 2 is 2.16 bits per heavy atom. The third-order valence-electron chi connectivity index (χ3n) is 3.46. The molecule has 1 N–H and O–H groups in total. The zero-order valence-electron chi connectivity index (χ0n) is 11.5. The maximum Gasteiger partial charge on any atom is 0.283 e. The molecule has 5 nitrogen and oxygen atoms in total. The van der Waals surface area contributed by atoms with E-state index in [4.69, 9.17) is 0 Å². The zero-order chi connectivity index (χ0) is 13.8. The molecule has 1 aliphatic rings. The molecule has 1 aliphatic carbocycles. The Morgan fingerprint density at radius 3 is 2.79 bits per heavy atom. The fourth-order valence-corrected chi connectivity index (χ4v) is 2.73. The molecule has 0 saturated heterocycles. The van der Waals surface area contributed by atoms with E-state index >= 15 is 0 Å². The highest BCUT2D eigenvalue weighted by molar-refractivity contribution is 9.10. The molecule has 0 atom stereocenters. The van der Waals surface area contributed by atoms with Gasteiger partial charge in [-0.3, -0.25) is 4.79 Å². The molecule has 0 bridgehead atoms. The molecule has 1 aromatic rings. The fourth-order valence-electron chi connectivity index (χ4n) is 2.31. The van der Waals surface area contributed by atoms with E-state index in [2.05, 4.69) is 26.3 Å². The number of anilines is 1. The van der Waals surface area contributed by atoms with Crippen LogP contribution in [-0.2, 0) is 6.54 Å². The minimum absolute atomic E-state index is 0.0650. The van der Waals surface area contributed by atoms with Gasteiger partial charge in [0, 0.05) is 12.6 Å². The van der Waals surface area contributed by atoms with Crippen LogP contribution in [0, 0.1) is 0 Å². The van der Waals surface area contributed by atoms with E-state index in [-0.39, 0.29) is 5.56 Å². The SMILES string of the molecule is CN(C)CCn1ncc(NC2CCCC2)c(Br)c1=O. The molecule has 0 amide bonds. The molecule has 2 rings (SSSR count). The van der Waals surface area contributed by atoms with Crippen LogP contribution in [-0.4, -0.2) is 41.4 Å². The minimum atomic E-state index is -0.0650. The van der Waals surface area contributed by atoms with E-state index in [0.29, 0.717) is 17.1 Å². The first-order chi connectivity index (χ1) is 9.08. The lowest BCUT2D eigenvalue weighted by Gasteiger charge is -2.16. The highest BCUT2D eigenvalue weighted by Gasteiger charge is 2.17. The van der Waals surface area contributed by atoms with Gasteiger partial charge < -0.3 is 10.2 Å². The predicted molar refractivity (Wildman–Crippen MR) is 80.6 cm³/mol. The molecule has 19 heavy (non-hydrogen) atoms. The molecule has 106 valence electrons. The molecule has 1 aromatic heterocycles. The van der Waals surface area contributed by atoms with Crippen LogP contribution in [0.5, 0.6) is 0 Å². The number of hydrogen-bond donors (Lipinski definition) is 1. The lowest BCUT2D eigenvalue weighted by Crippen LogP contribution is -2.30. The van der Waals surface area contributed by atoms with Gasteiger partial charge in [0.2, 0.25) is 0 Å². The van der Waals surface area contributed by atoms with E-state index in [1.165, 1.54) is 30.4 Å². The van der Waals surface area contributed by atoms with Crippen molar-refractivity contribution in [2.45, 2.75) is 38.3 Å². The average molecular weight is 329 g/mol.